The van der Waals surface area contributed by atoms with Gasteiger partial charge in [0.1, 0.15) is 6.07 Å². The molecule has 5 heteroatoms. The van der Waals surface area contributed by atoms with Gasteiger partial charge in [0.05, 0.1) is 24.1 Å². The Morgan fingerprint density at radius 2 is 2.33 bits per heavy atom. The van der Waals surface area contributed by atoms with E-state index >= 15 is 0 Å². The molecule has 0 heterocycles. The van der Waals surface area contributed by atoms with E-state index in [2.05, 4.69) is 17.4 Å². The second kappa shape index (κ2) is 5.06. The van der Waals surface area contributed by atoms with Gasteiger partial charge in [-0.15, -0.1) is 12.6 Å². The maximum atomic E-state index is 11.1. The second-order valence-electron chi connectivity index (χ2n) is 2.80. The molecule has 3 nitrogen and oxygen atoms in total. The average molecular weight is 242 g/mol. The van der Waals surface area contributed by atoms with Crippen molar-refractivity contribution in [1.82, 2.24) is 0 Å². The van der Waals surface area contributed by atoms with Gasteiger partial charge in [-0.3, -0.25) is 4.79 Å². The quantitative estimate of drug-likeness (QED) is 0.638. The molecule has 0 bridgehead atoms. The van der Waals surface area contributed by atoms with Crippen molar-refractivity contribution >= 4 is 30.2 Å². The zero-order chi connectivity index (χ0) is 11.4. The van der Waals surface area contributed by atoms with E-state index < -0.39 is 5.97 Å². The Balaban J connectivity index is 3.15. The molecule has 0 aliphatic heterocycles. The Morgan fingerprint density at radius 3 is 2.87 bits per heavy atom. The number of hydrogen-bond acceptors (Lipinski definition) is 4. The minimum atomic E-state index is -0.408. The fourth-order valence-corrected chi connectivity index (χ4v) is 1.51. The predicted octanol–water partition coefficient (Wildman–Crippen LogP) is 2.22. The topological polar surface area (TPSA) is 50.1 Å². The third kappa shape index (κ3) is 2.65. The number of nitrogens with zero attached hydrogens (tertiary/aromatic N) is 1. The van der Waals surface area contributed by atoms with Gasteiger partial charge in [0.2, 0.25) is 0 Å². The summed E-state index contributed by atoms with van der Waals surface area (Å²) in [6.45, 7) is 0. The zero-order valence-electron chi connectivity index (χ0n) is 7.95. The van der Waals surface area contributed by atoms with E-state index in [1.54, 1.807) is 12.1 Å². The van der Waals surface area contributed by atoms with Crippen LogP contribution in [-0.2, 0) is 16.0 Å². The van der Waals surface area contributed by atoms with E-state index in [4.69, 9.17) is 16.9 Å². The molecule has 0 aliphatic carbocycles. The fraction of sp³-hybridized carbons (Fsp3) is 0.200. The van der Waals surface area contributed by atoms with Crippen LogP contribution in [0.5, 0.6) is 0 Å². The summed E-state index contributed by atoms with van der Waals surface area (Å²) in [4.78, 5) is 11.6. The Labute approximate surface area is 98.0 Å². The summed E-state index contributed by atoms with van der Waals surface area (Å²) in [5.41, 5.74) is 0.821. The van der Waals surface area contributed by atoms with Crippen LogP contribution in [0.4, 0.5) is 0 Å². The highest BCUT2D eigenvalue weighted by Gasteiger charge is 2.12. The van der Waals surface area contributed by atoms with Crippen molar-refractivity contribution in [2.24, 2.45) is 0 Å². The summed E-state index contributed by atoms with van der Waals surface area (Å²) in [7, 11) is 1.29. The van der Waals surface area contributed by atoms with Gasteiger partial charge in [-0.2, -0.15) is 5.26 Å². The van der Waals surface area contributed by atoms with Crippen LogP contribution in [0.25, 0.3) is 0 Å². The van der Waals surface area contributed by atoms with Gasteiger partial charge in [-0.25, -0.2) is 0 Å². The van der Waals surface area contributed by atoms with Crippen LogP contribution >= 0.6 is 24.2 Å². The number of thiol groups is 1. The number of ether oxygens (including phenoxy) is 1. The lowest BCUT2D eigenvalue weighted by molar-refractivity contribution is -0.139. The Bertz CT molecular complexity index is 440. The molecular weight excluding hydrogens is 234 g/mol. The van der Waals surface area contributed by atoms with E-state index in [1.165, 1.54) is 7.11 Å². The molecule has 0 atom stereocenters. The van der Waals surface area contributed by atoms with Gasteiger partial charge in [-0.05, 0) is 11.6 Å². The number of methoxy groups -OCH3 is 1. The first-order chi connectivity index (χ1) is 7.10. The molecule has 0 N–H and O–H groups in total. The molecule has 1 aromatic rings. The molecule has 0 radical (unpaired) electrons. The first-order valence-corrected chi connectivity index (χ1v) is 4.90. The SMILES string of the molecule is COC(=O)Cc1ccc(S)c(Cl)c1C#N. The summed E-state index contributed by atoms with van der Waals surface area (Å²) < 4.78 is 4.51. The van der Waals surface area contributed by atoms with Crippen LogP contribution in [-0.4, -0.2) is 13.1 Å². The summed E-state index contributed by atoms with van der Waals surface area (Å²) >= 11 is 9.96. The Morgan fingerprint density at radius 1 is 1.67 bits per heavy atom. The van der Waals surface area contributed by atoms with E-state index in [0.29, 0.717) is 10.5 Å². The molecule has 0 spiro atoms. The molecule has 0 saturated heterocycles. The monoisotopic (exact) mass is 241 g/mol. The molecule has 15 heavy (non-hydrogen) atoms. The number of benzene rings is 1. The molecule has 1 aromatic carbocycles. The maximum absolute atomic E-state index is 11.1. The molecular formula is C10H8ClNO2S. The average Bonchev–Trinajstić information content (AvgIpc) is 2.24. The van der Waals surface area contributed by atoms with Crippen LogP contribution in [0, 0.1) is 11.3 Å². The minimum Gasteiger partial charge on any atom is -0.469 e. The lowest BCUT2D eigenvalue weighted by Crippen LogP contribution is -2.06. The van der Waals surface area contributed by atoms with Gasteiger partial charge in [0, 0.05) is 4.90 Å². The summed E-state index contributed by atoms with van der Waals surface area (Å²) in [5.74, 6) is -0.408. The van der Waals surface area contributed by atoms with Crippen molar-refractivity contribution in [1.29, 1.82) is 5.26 Å². The van der Waals surface area contributed by atoms with Gasteiger partial charge < -0.3 is 4.74 Å². The predicted molar refractivity (Wildman–Crippen MR) is 59.1 cm³/mol. The lowest BCUT2D eigenvalue weighted by atomic mass is 10.1. The lowest BCUT2D eigenvalue weighted by Gasteiger charge is -2.05. The molecule has 0 unspecified atom stereocenters. The van der Waals surface area contributed by atoms with E-state index in [0.717, 1.165) is 0 Å². The van der Waals surface area contributed by atoms with Crippen molar-refractivity contribution in [3.63, 3.8) is 0 Å². The highest BCUT2D eigenvalue weighted by Crippen LogP contribution is 2.27. The van der Waals surface area contributed by atoms with Gasteiger partial charge in [-0.1, -0.05) is 17.7 Å². The number of carbonyl (C=O) groups is 1. The first-order valence-electron chi connectivity index (χ1n) is 4.07. The van der Waals surface area contributed by atoms with Crippen LogP contribution < -0.4 is 0 Å². The van der Waals surface area contributed by atoms with Gasteiger partial charge in [0.25, 0.3) is 0 Å². The number of rotatable bonds is 2. The zero-order valence-corrected chi connectivity index (χ0v) is 9.60. The van der Waals surface area contributed by atoms with E-state index in [9.17, 15) is 4.79 Å². The van der Waals surface area contributed by atoms with Crippen molar-refractivity contribution in [3.05, 3.63) is 28.3 Å². The van der Waals surface area contributed by atoms with Gasteiger partial charge in [0.15, 0.2) is 0 Å². The van der Waals surface area contributed by atoms with Crippen LogP contribution in [0.15, 0.2) is 17.0 Å². The number of nitriles is 1. The summed E-state index contributed by atoms with van der Waals surface area (Å²) in [5, 5.41) is 9.15. The molecule has 0 fully saturated rings. The highest BCUT2D eigenvalue weighted by molar-refractivity contribution is 7.80. The van der Waals surface area contributed by atoms with Crippen molar-refractivity contribution < 1.29 is 9.53 Å². The Kier molecular flexibility index (Phi) is 4.01. The summed E-state index contributed by atoms with van der Waals surface area (Å²) in [6, 6.07) is 5.23. The number of halogens is 1. The third-order valence-corrected chi connectivity index (χ3v) is 2.78. The maximum Gasteiger partial charge on any atom is 0.310 e. The van der Waals surface area contributed by atoms with Crippen LogP contribution in [0.2, 0.25) is 5.02 Å². The van der Waals surface area contributed by atoms with Crippen molar-refractivity contribution in [2.75, 3.05) is 7.11 Å². The van der Waals surface area contributed by atoms with Gasteiger partial charge >= 0.3 is 5.97 Å². The molecule has 1 rings (SSSR count). The van der Waals surface area contributed by atoms with E-state index in [-0.39, 0.29) is 17.0 Å². The number of hydrogen-bond donors (Lipinski definition) is 1. The normalized spacial score (nSPS) is 9.47. The number of esters is 1. The molecule has 0 amide bonds. The molecule has 0 saturated carbocycles. The highest BCUT2D eigenvalue weighted by atomic mass is 35.5. The van der Waals surface area contributed by atoms with E-state index in [1.807, 2.05) is 6.07 Å². The van der Waals surface area contributed by atoms with Crippen molar-refractivity contribution in [3.8, 4) is 6.07 Å². The molecule has 0 aliphatic rings. The second-order valence-corrected chi connectivity index (χ2v) is 3.66. The third-order valence-electron chi connectivity index (χ3n) is 1.88. The first kappa shape index (κ1) is 11.9. The molecule has 78 valence electrons. The summed E-state index contributed by atoms with van der Waals surface area (Å²) in [6.07, 6.45) is 0.0349. The van der Waals surface area contributed by atoms with Crippen LogP contribution in [0.3, 0.4) is 0 Å². The number of carbonyl (C=O) groups excluding carboxylic acids is 1. The minimum absolute atomic E-state index is 0.0349. The fourth-order valence-electron chi connectivity index (χ4n) is 1.10. The molecule has 0 aromatic heterocycles. The standard InChI is InChI=1S/C10H8ClNO2S/c1-14-9(13)4-6-2-3-8(15)10(11)7(6)5-12/h2-3,15H,4H2,1H3. The largest absolute Gasteiger partial charge is 0.469 e. The van der Waals surface area contributed by atoms with Crippen molar-refractivity contribution in [2.45, 2.75) is 11.3 Å². The smallest absolute Gasteiger partial charge is 0.310 e. The Hall–Kier alpha value is -1.18. The van der Waals surface area contributed by atoms with Crippen LogP contribution in [0.1, 0.15) is 11.1 Å².